The molecule has 5 aromatic rings. The lowest BCUT2D eigenvalue weighted by Crippen LogP contribution is -2.37. The van der Waals surface area contributed by atoms with Crippen LogP contribution in [0, 0.1) is 5.82 Å². The first-order valence-corrected chi connectivity index (χ1v) is 14.0. The van der Waals surface area contributed by atoms with Gasteiger partial charge in [-0.3, -0.25) is 9.78 Å². The number of aromatic nitrogens is 3. The van der Waals surface area contributed by atoms with Gasteiger partial charge in [0.2, 0.25) is 0 Å². The minimum atomic E-state index is -0.570. The number of morpholine rings is 1. The number of pyridine rings is 1. The summed E-state index contributed by atoms with van der Waals surface area (Å²) in [6, 6.07) is 22.5. The molecular weight excluding hydrogens is 547 g/mol. The summed E-state index contributed by atoms with van der Waals surface area (Å²) >= 11 is 0. The average Bonchev–Trinajstić information content (AvgIpc) is 3.02. The third-order valence-corrected chi connectivity index (χ3v) is 7.08. The summed E-state index contributed by atoms with van der Waals surface area (Å²) < 4.78 is 21.1. The van der Waals surface area contributed by atoms with E-state index in [-0.39, 0.29) is 22.9 Å². The average molecular weight is 577 g/mol. The van der Waals surface area contributed by atoms with E-state index in [0.29, 0.717) is 49.7 Å². The normalized spacial score (nSPS) is 13.1. The standard InChI is InChI=1S/C33H29FN6O3/c1-21(41)18-22-5-8-24(9-6-22)36-33(42)37-25-10-12-26(28(34)20-25)31-38-30-19-23(29-4-2-3-13-35-29)7-11-27(30)32(39-31)40-14-16-43-17-15-40/h2-13,19-20H,14-18H2,1H3,(H2,36,37,42). The van der Waals surface area contributed by atoms with Gasteiger partial charge in [0.1, 0.15) is 17.4 Å². The van der Waals surface area contributed by atoms with E-state index in [2.05, 4.69) is 20.5 Å². The van der Waals surface area contributed by atoms with Crippen LogP contribution < -0.4 is 15.5 Å². The number of amides is 2. The quantitative estimate of drug-likeness (QED) is 0.241. The Morgan fingerprint density at radius 2 is 1.67 bits per heavy atom. The van der Waals surface area contributed by atoms with Crippen molar-refractivity contribution in [2.45, 2.75) is 13.3 Å². The number of nitrogens with one attached hydrogen (secondary N) is 2. The minimum absolute atomic E-state index is 0.0598. The number of ether oxygens (including phenoxy) is 1. The molecule has 0 aliphatic carbocycles. The van der Waals surface area contributed by atoms with Crippen molar-refractivity contribution in [2.75, 3.05) is 41.8 Å². The number of Topliss-reactive ketones (excluding diaryl/α,β-unsaturated/α-hetero) is 1. The van der Waals surface area contributed by atoms with Gasteiger partial charge >= 0.3 is 6.03 Å². The van der Waals surface area contributed by atoms with Crippen molar-refractivity contribution in [3.05, 3.63) is 96.4 Å². The number of carbonyl (C=O) groups excluding carboxylic acids is 2. The van der Waals surface area contributed by atoms with Gasteiger partial charge in [-0.25, -0.2) is 19.2 Å². The van der Waals surface area contributed by atoms with Crippen LogP contribution in [-0.4, -0.2) is 53.1 Å². The lowest BCUT2D eigenvalue weighted by atomic mass is 10.1. The van der Waals surface area contributed by atoms with Gasteiger partial charge in [-0.2, -0.15) is 0 Å². The zero-order valence-corrected chi connectivity index (χ0v) is 23.5. The third kappa shape index (κ3) is 6.49. The van der Waals surface area contributed by atoms with Gasteiger partial charge in [0, 0.05) is 48.0 Å². The van der Waals surface area contributed by atoms with E-state index in [4.69, 9.17) is 14.7 Å². The topological polar surface area (TPSA) is 109 Å². The summed E-state index contributed by atoms with van der Waals surface area (Å²) in [5, 5.41) is 6.23. The number of hydrogen-bond acceptors (Lipinski definition) is 7. The van der Waals surface area contributed by atoms with Crippen LogP contribution in [0.4, 0.5) is 26.4 Å². The third-order valence-electron chi connectivity index (χ3n) is 7.08. The van der Waals surface area contributed by atoms with Crippen LogP contribution >= 0.6 is 0 Å². The highest BCUT2D eigenvalue weighted by Crippen LogP contribution is 2.32. The van der Waals surface area contributed by atoms with Crippen LogP contribution in [0.5, 0.6) is 0 Å². The van der Waals surface area contributed by atoms with Crippen molar-refractivity contribution in [3.63, 3.8) is 0 Å². The lowest BCUT2D eigenvalue weighted by molar-refractivity contribution is -0.116. The Bertz CT molecular complexity index is 1790. The first-order valence-electron chi connectivity index (χ1n) is 14.0. The predicted molar refractivity (Wildman–Crippen MR) is 165 cm³/mol. The molecule has 0 saturated carbocycles. The molecule has 0 bridgehead atoms. The van der Waals surface area contributed by atoms with Gasteiger partial charge in [-0.05, 0) is 67.1 Å². The molecule has 0 radical (unpaired) electrons. The Morgan fingerprint density at radius 1 is 0.907 bits per heavy atom. The SMILES string of the molecule is CC(=O)Cc1ccc(NC(=O)Nc2ccc(-c3nc(N4CCOCC4)c4ccc(-c5ccccn5)cc4n3)c(F)c2)cc1. The first-order chi connectivity index (χ1) is 20.9. The zero-order valence-electron chi connectivity index (χ0n) is 23.5. The van der Waals surface area contributed by atoms with Crippen LogP contribution in [0.3, 0.4) is 0 Å². The minimum Gasteiger partial charge on any atom is -0.378 e. The predicted octanol–water partition coefficient (Wildman–Crippen LogP) is 6.11. The molecule has 1 fully saturated rings. The highest BCUT2D eigenvalue weighted by molar-refractivity contribution is 6.00. The zero-order chi connectivity index (χ0) is 29.8. The number of rotatable bonds is 7. The number of carbonyl (C=O) groups is 2. The molecule has 216 valence electrons. The maximum atomic E-state index is 15.6. The number of nitrogens with zero attached hydrogens (tertiary/aromatic N) is 4. The van der Waals surface area contributed by atoms with Gasteiger partial charge in [0.05, 0.1) is 30.0 Å². The molecule has 1 aliphatic rings. The molecule has 10 heteroatoms. The Hall–Kier alpha value is -5.22. The van der Waals surface area contributed by atoms with Crippen molar-refractivity contribution in [1.82, 2.24) is 15.0 Å². The maximum Gasteiger partial charge on any atom is 0.323 e. The van der Waals surface area contributed by atoms with Gasteiger partial charge in [0.25, 0.3) is 0 Å². The molecule has 9 nitrogen and oxygen atoms in total. The van der Waals surface area contributed by atoms with Gasteiger partial charge in [-0.15, -0.1) is 0 Å². The summed E-state index contributed by atoms with van der Waals surface area (Å²) in [7, 11) is 0. The Labute approximate surface area is 247 Å². The van der Waals surface area contributed by atoms with Crippen LogP contribution in [0.15, 0.2) is 85.1 Å². The summed E-state index contributed by atoms with van der Waals surface area (Å²) in [4.78, 5) is 40.0. The number of ketones is 1. The molecule has 2 aromatic heterocycles. The molecule has 0 unspecified atom stereocenters. The van der Waals surface area contributed by atoms with Gasteiger partial charge in [-0.1, -0.05) is 24.3 Å². The Kier molecular flexibility index (Phi) is 8.01. The molecule has 2 amide bonds. The van der Waals surface area contributed by atoms with Crippen LogP contribution in [0.25, 0.3) is 33.5 Å². The number of hydrogen-bond donors (Lipinski definition) is 2. The first kappa shape index (κ1) is 27.9. The molecule has 3 heterocycles. The summed E-state index contributed by atoms with van der Waals surface area (Å²) in [6.45, 7) is 4.00. The molecule has 43 heavy (non-hydrogen) atoms. The van der Waals surface area contributed by atoms with Gasteiger partial charge in [0.15, 0.2) is 5.82 Å². The molecule has 2 N–H and O–H groups in total. The Balaban J connectivity index is 1.27. The Morgan fingerprint density at radius 3 is 2.40 bits per heavy atom. The second-order valence-corrected chi connectivity index (χ2v) is 10.3. The summed E-state index contributed by atoms with van der Waals surface area (Å²) in [5.41, 5.74) is 4.27. The lowest BCUT2D eigenvalue weighted by Gasteiger charge is -2.29. The number of urea groups is 1. The van der Waals surface area contributed by atoms with Crippen molar-refractivity contribution in [2.24, 2.45) is 0 Å². The molecule has 0 atom stereocenters. The van der Waals surface area contributed by atoms with E-state index < -0.39 is 11.8 Å². The largest absolute Gasteiger partial charge is 0.378 e. The fourth-order valence-electron chi connectivity index (χ4n) is 5.00. The van der Waals surface area contributed by atoms with E-state index in [9.17, 15) is 9.59 Å². The maximum absolute atomic E-state index is 15.6. The fraction of sp³-hybridized carbons (Fsp3) is 0.182. The smallest absolute Gasteiger partial charge is 0.323 e. The number of anilines is 3. The summed E-state index contributed by atoms with van der Waals surface area (Å²) in [6.07, 6.45) is 2.07. The van der Waals surface area contributed by atoms with Crippen molar-refractivity contribution >= 4 is 39.9 Å². The molecule has 0 spiro atoms. The second kappa shape index (κ2) is 12.3. The van der Waals surface area contributed by atoms with E-state index in [1.165, 1.54) is 13.0 Å². The van der Waals surface area contributed by atoms with Crippen LogP contribution in [0.2, 0.25) is 0 Å². The number of fused-ring (bicyclic) bond motifs is 1. The van der Waals surface area contributed by atoms with E-state index in [0.717, 1.165) is 22.2 Å². The molecule has 1 saturated heterocycles. The summed E-state index contributed by atoms with van der Waals surface area (Å²) in [5.74, 6) is 0.446. The number of halogens is 1. The van der Waals surface area contributed by atoms with Crippen molar-refractivity contribution in [1.29, 1.82) is 0 Å². The molecule has 6 rings (SSSR count). The molecular formula is C33H29FN6O3. The highest BCUT2D eigenvalue weighted by atomic mass is 19.1. The van der Waals surface area contributed by atoms with Crippen LogP contribution in [-0.2, 0) is 16.0 Å². The van der Waals surface area contributed by atoms with E-state index >= 15 is 4.39 Å². The van der Waals surface area contributed by atoms with Gasteiger partial charge < -0.3 is 20.3 Å². The molecule has 3 aromatic carbocycles. The second-order valence-electron chi connectivity index (χ2n) is 10.3. The van der Waals surface area contributed by atoms with E-state index in [1.807, 2.05) is 36.4 Å². The molecule has 1 aliphatic heterocycles. The van der Waals surface area contributed by atoms with Crippen molar-refractivity contribution in [3.8, 4) is 22.6 Å². The highest BCUT2D eigenvalue weighted by Gasteiger charge is 2.20. The van der Waals surface area contributed by atoms with Crippen molar-refractivity contribution < 1.29 is 18.7 Å². The van der Waals surface area contributed by atoms with Crippen LogP contribution in [0.1, 0.15) is 12.5 Å². The number of benzene rings is 3. The fourth-order valence-corrected chi connectivity index (χ4v) is 5.00. The monoisotopic (exact) mass is 576 g/mol. The van der Waals surface area contributed by atoms with E-state index in [1.54, 1.807) is 42.6 Å².